The van der Waals surface area contributed by atoms with E-state index in [2.05, 4.69) is 51.8 Å². The van der Waals surface area contributed by atoms with Gasteiger partial charge in [-0.3, -0.25) is 0 Å². The van der Waals surface area contributed by atoms with E-state index in [1.54, 1.807) is 12.1 Å². The number of para-hydroxylation sites is 1. The molecule has 4 rings (SSSR count). The highest BCUT2D eigenvalue weighted by atomic mass is 15.2. The average molecular weight is 422 g/mol. The van der Waals surface area contributed by atoms with E-state index in [0.29, 0.717) is 17.6 Å². The fourth-order valence-electron chi connectivity index (χ4n) is 3.70. The van der Waals surface area contributed by atoms with E-state index in [4.69, 9.17) is 16.0 Å². The quantitative estimate of drug-likeness (QED) is 0.439. The van der Waals surface area contributed by atoms with Crippen LogP contribution in [0.25, 0.3) is 28.1 Å². The molecule has 8 nitrogen and oxygen atoms in total. The normalized spacial score (nSPS) is 10.9. The van der Waals surface area contributed by atoms with E-state index >= 15 is 0 Å². The molecule has 2 heterocycles. The highest BCUT2D eigenvalue weighted by Crippen LogP contribution is 2.35. The number of aryl methyl sites for hydroxylation is 2. The van der Waals surface area contributed by atoms with E-state index in [9.17, 15) is 0 Å². The third-order valence-corrected chi connectivity index (χ3v) is 5.04. The smallest absolute Gasteiger partial charge is 0.230 e. The van der Waals surface area contributed by atoms with Crippen molar-refractivity contribution in [1.82, 2.24) is 25.5 Å². The first-order chi connectivity index (χ1) is 15.5. The third-order valence-electron chi connectivity index (χ3n) is 5.04. The zero-order valence-electron chi connectivity index (χ0n) is 18.0. The minimum absolute atomic E-state index is 0.232. The molecule has 0 bridgehead atoms. The molecule has 0 amide bonds. The fraction of sp³-hybridized carbons (Fsp3) is 0.125. The maximum absolute atomic E-state index is 8.90. The summed E-state index contributed by atoms with van der Waals surface area (Å²) in [7, 11) is 1.87. The van der Waals surface area contributed by atoms with E-state index < -0.39 is 0 Å². The van der Waals surface area contributed by atoms with Crippen molar-refractivity contribution in [3.63, 3.8) is 0 Å². The molecule has 0 unspecified atom stereocenters. The molecule has 0 saturated heterocycles. The summed E-state index contributed by atoms with van der Waals surface area (Å²) >= 11 is 0. The van der Waals surface area contributed by atoms with Gasteiger partial charge in [-0.25, -0.2) is 4.98 Å². The first-order valence-electron chi connectivity index (χ1n) is 10.0. The molecule has 0 aliphatic rings. The number of rotatable bonds is 5. The Hall–Kier alpha value is -4.51. The van der Waals surface area contributed by atoms with Gasteiger partial charge in [0.15, 0.2) is 11.5 Å². The van der Waals surface area contributed by atoms with Crippen LogP contribution in [0, 0.1) is 25.2 Å². The van der Waals surface area contributed by atoms with Gasteiger partial charge < -0.3 is 16.4 Å². The molecule has 2 aromatic carbocycles. The predicted octanol–water partition coefficient (Wildman–Crippen LogP) is 4.09. The van der Waals surface area contributed by atoms with Crippen LogP contribution in [0.2, 0.25) is 0 Å². The van der Waals surface area contributed by atoms with E-state index in [0.717, 1.165) is 38.7 Å². The van der Waals surface area contributed by atoms with Crippen molar-refractivity contribution in [3.05, 3.63) is 71.0 Å². The van der Waals surface area contributed by atoms with Gasteiger partial charge in [0.2, 0.25) is 5.95 Å². The van der Waals surface area contributed by atoms with Gasteiger partial charge in [-0.15, -0.1) is 10.2 Å². The topological polar surface area (TPSA) is 125 Å². The standard InChI is InChI=1S/C24H22N8/c1-14-11-16(9-10-27-3)12-15(2)21(14)18-5-4-6-19-22(18)29-24(30-23(19)26)28-20-8-7-17(13-25)31-32-20/h4-12,27H,1-3H3,(H3,26,28,29,30,32)/b10-9+. The fourth-order valence-corrected chi connectivity index (χ4v) is 3.70. The molecule has 0 saturated carbocycles. The first kappa shape index (κ1) is 20.8. The molecule has 0 aliphatic carbocycles. The van der Waals surface area contributed by atoms with Gasteiger partial charge >= 0.3 is 0 Å². The molecule has 4 aromatic rings. The van der Waals surface area contributed by atoms with Gasteiger partial charge in [-0.1, -0.05) is 24.3 Å². The van der Waals surface area contributed by atoms with Gasteiger partial charge in [-0.05, 0) is 66.6 Å². The molecule has 32 heavy (non-hydrogen) atoms. The third kappa shape index (κ3) is 4.04. The molecule has 4 N–H and O–H groups in total. The highest BCUT2D eigenvalue weighted by Gasteiger charge is 2.15. The van der Waals surface area contributed by atoms with Gasteiger partial charge in [0.1, 0.15) is 11.9 Å². The number of hydrogen-bond acceptors (Lipinski definition) is 8. The summed E-state index contributed by atoms with van der Waals surface area (Å²) < 4.78 is 0. The Labute approximate surface area is 185 Å². The molecule has 0 fully saturated rings. The minimum atomic E-state index is 0.232. The zero-order valence-corrected chi connectivity index (χ0v) is 18.0. The number of nitrogens with two attached hydrogens (primary N) is 1. The number of hydrogen-bond donors (Lipinski definition) is 3. The monoisotopic (exact) mass is 422 g/mol. The zero-order chi connectivity index (χ0) is 22.7. The number of benzene rings is 2. The lowest BCUT2D eigenvalue weighted by Crippen LogP contribution is -2.04. The molecular weight excluding hydrogens is 400 g/mol. The van der Waals surface area contributed by atoms with Gasteiger partial charge in [0, 0.05) is 18.0 Å². The molecule has 2 aromatic heterocycles. The van der Waals surface area contributed by atoms with Gasteiger partial charge in [0.05, 0.1) is 5.52 Å². The van der Waals surface area contributed by atoms with Crippen molar-refractivity contribution in [3.8, 4) is 17.2 Å². The van der Waals surface area contributed by atoms with Crippen LogP contribution in [0.1, 0.15) is 22.4 Å². The second-order valence-corrected chi connectivity index (χ2v) is 7.33. The Morgan fingerprint density at radius 3 is 2.47 bits per heavy atom. The lowest BCUT2D eigenvalue weighted by molar-refractivity contribution is 1.01. The second-order valence-electron chi connectivity index (χ2n) is 7.33. The van der Waals surface area contributed by atoms with Crippen LogP contribution in [0.5, 0.6) is 0 Å². The number of aromatic nitrogens is 4. The van der Waals surface area contributed by atoms with Crippen LogP contribution in [-0.2, 0) is 0 Å². The van der Waals surface area contributed by atoms with Crippen LogP contribution in [0.4, 0.5) is 17.6 Å². The average Bonchev–Trinajstić information content (AvgIpc) is 2.78. The van der Waals surface area contributed by atoms with Crippen LogP contribution < -0.4 is 16.4 Å². The van der Waals surface area contributed by atoms with Crippen LogP contribution >= 0.6 is 0 Å². The van der Waals surface area contributed by atoms with Crippen molar-refractivity contribution in [2.75, 3.05) is 18.1 Å². The van der Waals surface area contributed by atoms with Crippen molar-refractivity contribution in [1.29, 1.82) is 5.26 Å². The number of nitrogens with one attached hydrogen (secondary N) is 2. The summed E-state index contributed by atoms with van der Waals surface area (Å²) in [5, 5.41) is 23.5. The molecule has 8 heteroatoms. The first-order valence-corrected chi connectivity index (χ1v) is 10.0. The number of nitrogen functional groups attached to an aromatic ring is 1. The summed E-state index contributed by atoms with van der Waals surface area (Å²) in [5.41, 5.74) is 12.7. The summed E-state index contributed by atoms with van der Waals surface area (Å²) in [6.07, 6.45) is 3.94. The van der Waals surface area contributed by atoms with Crippen LogP contribution in [-0.4, -0.2) is 27.2 Å². The Balaban J connectivity index is 1.82. The van der Waals surface area contributed by atoms with E-state index in [-0.39, 0.29) is 5.69 Å². The van der Waals surface area contributed by atoms with Crippen molar-refractivity contribution < 1.29 is 0 Å². The van der Waals surface area contributed by atoms with Crippen LogP contribution in [0.15, 0.2) is 48.7 Å². The number of nitrogens with zero attached hydrogens (tertiary/aromatic N) is 5. The predicted molar refractivity (Wildman–Crippen MR) is 127 cm³/mol. The molecule has 158 valence electrons. The maximum Gasteiger partial charge on any atom is 0.230 e. The Kier molecular flexibility index (Phi) is 5.64. The van der Waals surface area contributed by atoms with Crippen molar-refractivity contribution >= 4 is 34.6 Å². The summed E-state index contributed by atoms with van der Waals surface area (Å²) in [6, 6.07) is 15.4. The maximum atomic E-state index is 8.90. The molecule has 0 aliphatic heterocycles. The molecule has 0 atom stereocenters. The number of fused-ring (bicyclic) bond motifs is 1. The Bertz CT molecular complexity index is 1340. The highest BCUT2D eigenvalue weighted by molar-refractivity contribution is 6.00. The molecule has 0 radical (unpaired) electrons. The van der Waals surface area contributed by atoms with Gasteiger partial charge in [0.25, 0.3) is 0 Å². The number of nitriles is 1. The molecular formula is C24H22N8. The summed E-state index contributed by atoms with van der Waals surface area (Å²) in [4.78, 5) is 9.12. The van der Waals surface area contributed by atoms with E-state index in [1.807, 2.05) is 43.6 Å². The molecule has 0 spiro atoms. The second kappa shape index (κ2) is 8.70. The Morgan fingerprint density at radius 1 is 1.03 bits per heavy atom. The van der Waals surface area contributed by atoms with E-state index in [1.165, 1.54) is 0 Å². The summed E-state index contributed by atoms with van der Waals surface area (Å²) in [6.45, 7) is 4.18. The minimum Gasteiger partial charge on any atom is -0.394 e. The largest absolute Gasteiger partial charge is 0.394 e. The lowest BCUT2D eigenvalue weighted by Gasteiger charge is -2.15. The van der Waals surface area contributed by atoms with Gasteiger partial charge in [-0.2, -0.15) is 10.2 Å². The van der Waals surface area contributed by atoms with Crippen LogP contribution in [0.3, 0.4) is 0 Å². The summed E-state index contributed by atoms with van der Waals surface area (Å²) in [5.74, 6) is 1.10. The lowest BCUT2D eigenvalue weighted by atomic mass is 9.92. The number of anilines is 3. The van der Waals surface area contributed by atoms with Crippen molar-refractivity contribution in [2.24, 2.45) is 0 Å². The SMILES string of the molecule is CN/C=C/c1cc(C)c(-c2cccc3c(N)nc(Nc4ccc(C#N)nn4)nc23)c(C)c1. The Morgan fingerprint density at radius 2 is 1.81 bits per heavy atom. The van der Waals surface area contributed by atoms with Crippen molar-refractivity contribution in [2.45, 2.75) is 13.8 Å².